The van der Waals surface area contributed by atoms with Crippen LogP contribution < -0.4 is 21.1 Å². The largest absolute Gasteiger partial charge is 0.416 e. The number of hydrogen-bond acceptors (Lipinski definition) is 10. The lowest BCUT2D eigenvalue weighted by molar-refractivity contribution is -0.143. The molecule has 0 atom stereocenters. The van der Waals surface area contributed by atoms with Gasteiger partial charge in [-0.1, -0.05) is 13.0 Å². The fourth-order valence-corrected chi connectivity index (χ4v) is 6.44. The number of fused-ring (bicyclic) bond motifs is 1. The van der Waals surface area contributed by atoms with E-state index in [0.29, 0.717) is 48.3 Å². The van der Waals surface area contributed by atoms with Crippen LogP contribution in [-0.4, -0.2) is 86.2 Å². The van der Waals surface area contributed by atoms with Crippen molar-refractivity contribution in [1.29, 1.82) is 0 Å². The minimum atomic E-state index is -4.77. The Hall–Kier alpha value is -5.17. The second kappa shape index (κ2) is 14.0. The molecule has 0 aliphatic carbocycles. The van der Waals surface area contributed by atoms with Gasteiger partial charge in [-0.3, -0.25) is 24.5 Å². The fraction of sp³-hybridized carbons (Fsp3) is 0.387. The maximum atomic E-state index is 14.6. The Labute approximate surface area is 285 Å². The molecule has 5 heterocycles. The average Bonchev–Trinajstić information content (AvgIpc) is 3.73. The molecule has 19 heteroatoms. The molecule has 3 amide bonds. The Morgan fingerprint density at radius 1 is 1.08 bits per heavy atom. The second-order valence-corrected chi connectivity index (χ2v) is 12.4. The molecule has 0 spiro atoms. The maximum Gasteiger partial charge on any atom is 0.416 e. The number of nitrogens with zero attached hydrogens (tertiary/aromatic N) is 7. The molecule has 4 aromatic rings. The van der Waals surface area contributed by atoms with Crippen molar-refractivity contribution in [2.45, 2.75) is 39.4 Å². The van der Waals surface area contributed by atoms with Crippen LogP contribution in [0.2, 0.25) is 0 Å². The number of benzene rings is 1. The Morgan fingerprint density at radius 3 is 2.46 bits per heavy atom. The lowest BCUT2D eigenvalue weighted by Crippen LogP contribution is -2.53. The van der Waals surface area contributed by atoms with Gasteiger partial charge >= 0.3 is 18.0 Å². The number of rotatable bonds is 7. The molecule has 1 fully saturated rings. The number of amides is 3. The molecule has 1 saturated heterocycles. The van der Waals surface area contributed by atoms with Gasteiger partial charge in [-0.05, 0) is 43.5 Å². The highest BCUT2D eigenvalue weighted by atomic mass is 32.1. The minimum absolute atomic E-state index is 0.0314. The van der Waals surface area contributed by atoms with Crippen molar-refractivity contribution in [3.63, 3.8) is 0 Å². The van der Waals surface area contributed by atoms with Gasteiger partial charge in [-0.25, -0.2) is 9.37 Å². The van der Waals surface area contributed by atoms with Gasteiger partial charge in [0, 0.05) is 31.6 Å². The van der Waals surface area contributed by atoms with E-state index in [4.69, 9.17) is 4.74 Å². The van der Waals surface area contributed by atoms with E-state index in [9.17, 15) is 36.7 Å². The second-order valence-electron chi connectivity index (χ2n) is 11.5. The Morgan fingerprint density at radius 2 is 1.84 bits per heavy atom. The number of aryl methyl sites for hydroxylation is 1. The van der Waals surface area contributed by atoms with Crippen molar-refractivity contribution in [2.75, 3.05) is 54.9 Å². The minimum Gasteiger partial charge on any atom is -0.377 e. The van der Waals surface area contributed by atoms with E-state index in [1.165, 1.54) is 20.8 Å². The quantitative estimate of drug-likeness (QED) is 0.217. The molecule has 0 unspecified atom stereocenters. The number of anilines is 3. The smallest absolute Gasteiger partial charge is 0.377 e. The molecule has 14 nitrogen and oxygen atoms in total. The molecular weight excluding hydrogens is 686 g/mol. The number of nitrogens with one attached hydrogen (secondary N) is 2. The third-order valence-electron chi connectivity index (χ3n) is 8.20. The highest BCUT2D eigenvalue weighted by Gasteiger charge is 2.33. The first-order valence-corrected chi connectivity index (χ1v) is 16.5. The van der Waals surface area contributed by atoms with Gasteiger partial charge in [-0.15, -0.1) is 16.4 Å². The van der Waals surface area contributed by atoms with E-state index in [1.807, 2.05) is 0 Å². The number of carbonyl (C=O) groups is 3. The summed E-state index contributed by atoms with van der Waals surface area (Å²) in [5.74, 6) is -3.36. The number of piperazine rings is 1. The van der Waals surface area contributed by atoms with Crippen LogP contribution in [-0.2, 0) is 38.3 Å². The van der Waals surface area contributed by atoms with E-state index < -0.39 is 53.1 Å². The number of alkyl halides is 3. The fourth-order valence-electron chi connectivity index (χ4n) is 5.76. The Kier molecular flexibility index (Phi) is 9.70. The monoisotopic (exact) mass is 717 g/mol. The maximum absolute atomic E-state index is 14.6. The summed E-state index contributed by atoms with van der Waals surface area (Å²) in [7, 11) is 0. The average molecular weight is 718 g/mol. The highest BCUT2D eigenvalue weighted by Crippen LogP contribution is 2.31. The van der Waals surface area contributed by atoms with E-state index in [0.717, 1.165) is 16.2 Å². The topological polar surface area (TPSA) is 156 Å². The van der Waals surface area contributed by atoms with Crippen molar-refractivity contribution in [3.8, 4) is 0 Å². The Balaban J connectivity index is 1.30. The lowest BCUT2D eigenvalue weighted by atomic mass is 10.1. The van der Waals surface area contributed by atoms with Crippen LogP contribution in [0.1, 0.15) is 36.1 Å². The number of aromatic nitrogens is 5. The summed E-state index contributed by atoms with van der Waals surface area (Å²) in [6, 6.07) is 1.78. The van der Waals surface area contributed by atoms with Gasteiger partial charge in [0.1, 0.15) is 18.0 Å². The lowest BCUT2D eigenvalue weighted by Gasteiger charge is -2.36. The van der Waals surface area contributed by atoms with E-state index >= 15 is 0 Å². The number of hydrogen-bond donors (Lipinski definition) is 2. The third kappa shape index (κ3) is 7.09. The number of ether oxygens (including phenoxy) is 1. The summed E-state index contributed by atoms with van der Waals surface area (Å²) in [6.07, 6.45) is -2.26. The van der Waals surface area contributed by atoms with Crippen molar-refractivity contribution in [2.24, 2.45) is 0 Å². The molecule has 264 valence electrons. The van der Waals surface area contributed by atoms with E-state index in [-0.39, 0.29) is 49.9 Å². The summed E-state index contributed by atoms with van der Waals surface area (Å²) in [4.78, 5) is 64.8. The molecule has 6 rings (SSSR count). The zero-order valence-electron chi connectivity index (χ0n) is 26.8. The molecule has 2 aliphatic heterocycles. The molecular formula is C31H31F4N9O5S. The van der Waals surface area contributed by atoms with Crippen LogP contribution in [0.25, 0.3) is 11.4 Å². The normalized spacial score (nSPS) is 15.3. The van der Waals surface area contributed by atoms with E-state index in [1.54, 1.807) is 30.2 Å². The molecule has 2 N–H and O–H groups in total. The van der Waals surface area contributed by atoms with Crippen LogP contribution in [0.15, 0.2) is 34.4 Å². The van der Waals surface area contributed by atoms with Crippen LogP contribution in [0, 0.1) is 12.7 Å². The predicted octanol–water partition coefficient (Wildman–Crippen LogP) is 3.11. The van der Waals surface area contributed by atoms with Crippen molar-refractivity contribution in [3.05, 3.63) is 68.6 Å². The molecule has 1 aromatic carbocycles. The van der Waals surface area contributed by atoms with Gasteiger partial charge in [0.25, 0.3) is 5.56 Å². The highest BCUT2D eigenvalue weighted by molar-refractivity contribution is 7.14. The van der Waals surface area contributed by atoms with Crippen molar-refractivity contribution >= 4 is 56.9 Å². The first-order valence-electron chi connectivity index (χ1n) is 15.6. The van der Waals surface area contributed by atoms with Gasteiger partial charge < -0.3 is 24.4 Å². The Bertz CT molecular complexity index is 2060. The molecule has 3 aromatic heterocycles. The number of halogens is 4. The van der Waals surface area contributed by atoms with Crippen LogP contribution >= 0.6 is 11.3 Å². The number of carbonyl (C=O) groups excluding carboxylic acids is 3. The summed E-state index contributed by atoms with van der Waals surface area (Å²) in [5.41, 5.74) is -0.159. The predicted molar refractivity (Wildman–Crippen MR) is 174 cm³/mol. The van der Waals surface area contributed by atoms with Crippen LogP contribution in [0.3, 0.4) is 0 Å². The van der Waals surface area contributed by atoms with E-state index in [2.05, 4.69) is 25.7 Å². The van der Waals surface area contributed by atoms with Gasteiger partial charge in [0.15, 0.2) is 11.0 Å². The molecule has 50 heavy (non-hydrogen) atoms. The third-order valence-corrected chi connectivity index (χ3v) is 9.08. The van der Waals surface area contributed by atoms with Gasteiger partial charge in [-0.2, -0.15) is 22.7 Å². The standard InChI is InChI=1S/C31H31F4N9O5S/c1-3-22-24(41-8-10-42(11-9-41)28(48)26(46)39-29-36-17(2)16-50-29)27(47)44-30(38-25(40-44)18-6-12-49-13-7-18)43(22)15-23(45)37-21-5-4-19(14-20(21)32)31(33,34)35/h4-6,14,16H,3,7-13,15H2,1-2H3,(H,37,45)(H,36,39,46). The van der Waals surface area contributed by atoms with Crippen LogP contribution in [0.5, 0.6) is 0 Å². The summed E-state index contributed by atoms with van der Waals surface area (Å²) in [6.45, 7) is 4.31. The summed E-state index contributed by atoms with van der Waals surface area (Å²) in [5, 5.41) is 11.3. The zero-order chi connectivity index (χ0) is 35.7. The van der Waals surface area contributed by atoms with Gasteiger partial charge in [0.05, 0.1) is 35.9 Å². The first-order chi connectivity index (χ1) is 23.8. The molecule has 2 aliphatic rings. The molecule has 0 bridgehead atoms. The summed E-state index contributed by atoms with van der Waals surface area (Å²) < 4.78 is 61.7. The molecule has 0 saturated carbocycles. The van der Waals surface area contributed by atoms with Gasteiger partial charge in [0.2, 0.25) is 11.7 Å². The summed E-state index contributed by atoms with van der Waals surface area (Å²) >= 11 is 1.19. The zero-order valence-corrected chi connectivity index (χ0v) is 27.7. The first kappa shape index (κ1) is 34.7. The molecule has 0 radical (unpaired) electrons. The van der Waals surface area contributed by atoms with Crippen LogP contribution in [0.4, 0.5) is 34.1 Å². The van der Waals surface area contributed by atoms with Crippen molar-refractivity contribution < 1.29 is 36.7 Å². The SMILES string of the molecule is CCc1c(N2CCN(C(=O)C(=O)Nc3nc(C)cs3)CC2)c(=O)n2nc(C3=CCOCC3)nc2n1CC(=O)Nc1ccc(C(F)(F)F)cc1F. The number of thiazole rings is 1. The van der Waals surface area contributed by atoms with Crippen molar-refractivity contribution in [1.82, 2.24) is 29.0 Å².